The van der Waals surface area contributed by atoms with E-state index in [0.717, 1.165) is 22.3 Å². The first-order valence-corrected chi connectivity index (χ1v) is 11.0. The molecule has 5 N–H and O–H groups in total. The number of guanidine groups is 1. The Hall–Kier alpha value is -3.60. The van der Waals surface area contributed by atoms with Gasteiger partial charge in [-0.1, -0.05) is 48.5 Å². The molecule has 0 saturated carbocycles. The molecule has 0 aliphatic heterocycles. The van der Waals surface area contributed by atoms with Gasteiger partial charge in [0.25, 0.3) is 0 Å². The Kier molecular flexibility index (Phi) is 7.31. The van der Waals surface area contributed by atoms with Crippen molar-refractivity contribution in [3.8, 4) is 11.1 Å². The number of hydrogen-bond donors (Lipinski definition) is 5. The normalized spacial score (nSPS) is 13.2. The minimum atomic E-state index is -3.10. The molecule has 1 aliphatic rings. The van der Waals surface area contributed by atoms with Crippen molar-refractivity contribution in [2.75, 3.05) is 13.2 Å². The van der Waals surface area contributed by atoms with Crippen LogP contribution in [0.3, 0.4) is 0 Å². The molecule has 0 bridgehead atoms. The van der Waals surface area contributed by atoms with Crippen molar-refractivity contribution in [3.05, 3.63) is 59.7 Å². The van der Waals surface area contributed by atoms with Gasteiger partial charge in [-0.2, -0.15) is 0 Å². The SMILES string of the molecule is N=C(N)N(CCC[C@H](NC(=O)OCC1c2ccccc2-c2ccccc21)C(=O)O)[SH](=O)=O. The monoisotopic (exact) mass is 460 g/mol. The van der Waals surface area contributed by atoms with Gasteiger partial charge in [-0.3, -0.25) is 5.41 Å². The van der Waals surface area contributed by atoms with Gasteiger partial charge in [0, 0.05) is 12.5 Å². The van der Waals surface area contributed by atoms with Crippen LogP contribution >= 0.6 is 0 Å². The van der Waals surface area contributed by atoms with Gasteiger partial charge in [0.1, 0.15) is 12.6 Å². The lowest BCUT2D eigenvalue weighted by Crippen LogP contribution is -2.42. The summed E-state index contributed by atoms with van der Waals surface area (Å²) in [4.78, 5) is 23.8. The van der Waals surface area contributed by atoms with E-state index < -0.39 is 35.0 Å². The molecule has 2 aromatic rings. The quantitative estimate of drug-likeness (QED) is 0.215. The van der Waals surface area contributed by atoms with Crippen molar-refractivity contribution in [1.82, 2.24) is 9.62 Å². The summed E-state index contributed by atoms with van der Waals surface area (Å²) in [6.07, 6.45) is -0.867. The Morgan fingerprint density at radius 3 is 2.19 bits per heavy atom. The van der Waals surface area contributed by atoms with Crippen LogP contribution in [0.1, 0.15) is 29.9 Å². The van der Waals surface area contributed by atoms with Crippen molar-refractivity contribution in [2.45, 2.75) is 24.8 Å². The van der Waals surface area contributed by atoms with E-state index in [1.807, 2.05) is 48.5 Å². The van der Waals surface area contributed by atoms with Gasteiger partial charge in [0.2, 0.25) is 16.8 Å². The van der Waals surface area contributed by atoms with Gasteiger partial charge in [-0.05, 0) is 35.1 Å². The highest BCUT2D eigenvalue weighted by Crippen LogP contribution is 2.44. The summed E-state index contributed by atoms with van der Waals surface area (Å²) in [7, 11) is -3.10. The lowest BCUT2D eigenvalue weighted by atomic mass is 9.98. The number of ether oxygens (including phenoxy) is 1. The van der Waals surface area contributed by atoms with Gasteiger partial charge < -0.3 is 20.9 Å². The Balaban J connectivity index is 1.58. The average Bonchev–Trinajstić information content (AvgIpc) is 3.07. The molecular weight excluding hydrogens is 436 g/mol. The number of carboxylic acids is 1. The van der Waals surface area contributed by atoms with Gasteiger partial charge in [0.15, 0.2) is 0 Å². The first-order valence-electron chi connectivity index (χ1n) is 9.89. The fourth-order valence-electron chi connectivity index (χ4n) is 3.77. The zero-order chi connectivity index (χ0) is 23.3. The van der Waals surface area contributed by atoms with Gasteiger partial charge in [-0.15, -0.1) is 0 Å². The number of carbonyl (C=O) groups excluding carboxylic acids is 1. The molecule has 11 heteroatoms. The second-order valence-electron chi connectivity index (χ2n) is 7.25. The van der Waals surface area contributed by atoms with Crippen LogP contribution in [0.2, 0.25) is 0 Å². The van der Waals surface area contributed by atoms with E-state index in [9.17, 15) is 23.1 Å². The molecule has 32 heavy (non-hydrogen) atoms. The fourth-order valence-corrected chi connectivity index (χ4v) is 4.26. The lowest BCUT2D eigenvalue weighted by molar-refractivity contribution is -0.139. The van der Waals surface area contributed by atoms with Crippen molar-refractivity contribution in [3.63, 3.8) is 0 Å². The maximum absolute atomic E-state index is 12.3. The first kappa shape index (κ1) is 23.1. The fraction of sp³-hybridized carbons (Fsp3) is 0.286. The van der Waals surface area contributed by atoms with E-state index in [-0.39, 0.29) is 31.9 Å². The number of hydrogen-bond acceptors (Lipinski definition) is 6. The summed E-state index contributed by atoms with van der Waals surface area (Å²) in [6, 6.07) is 14.4. The second-order valence-corrected chi connectivity index (χ2v) is 8.21. The number of fused-ring (bicyclic) bond motifs is 3. The number of alkyl carbamates (subject to hydrolysis) is 1. The van der Waals surface area contributed by atoms with Gasteiger partial charge >= 0.3 is 12.1 Å². The Labute approximate surface area is 186 Å². The highest BCUT2D eigenvalue weighted by molar-refractivity contribution is 7.70. The third kappa shape index (κ3) is 5.17. The Bertz CT molecular complexity index is 1050. The van der Waals surface area contributed by atoms with E-state index in [2.05, 4.69) is 5.32 Å². The molecule has 1 aliphatic carbocycles. The van der Waals surface area contributed by atoms with E-state index in [0.29, 0.717) is 4.31 Å². The number of carbonyl (C=O) groups is 2. The third-order valence-corrected chi connectivity index (χ3v) is 6.08. The van der Waals surface area contributed by atoms with Crippen LogP contribution in [0, 0.1) is 5.41 Å². The molecule has 0 fully saturated rings. The smallest absolute Gasteiger partial charge is 0.407 e. The standard InChI is InChI=1S/C21H24N4O6S/c22-20(23)25(32(29)30)11-5-10-18(19(26)27)24-21(28)31-12-17-15-8-3-1-6-13(15)14-7-2-4-9-16(14)17/h1-4,6-9,17-18,32H,5,10-12H2,(H3,22,23)(H,24,28)(H,26,27)/t18-/m0/s1. The van der Waals surface area contributed by atoms with E-state index in [1.165, 1.54) is 0 Å². The topological polar surface area (TPSA) is 163 Å². The number of nitrogens with one attached hydrogen (secondary N) is 2. The summed E-state index contributed by atoms with van der Waals surface area (Å²) >= 11 is 0. The zero-order valence-corrected chi connectivity index (χ0v) is 18.0. The van der Waals surface area contributed by atoms with Crippen molar-refractivity contribution in [2.24, 2.45) is 5.73 Å². The number of carboxylic acid groups (broad SMARTS) is 1. The van der Waals surface area contributed by atoms with Crippen molar-refractivity contribution < 1.29 is 27.9 Å². The number of rotatable bonds is 9. The molecule has 0 heterocycles. The van der Waals surface area contributed by atoms with Crippen LogP contribution in [0.4, 0.5) is 4.79 Å². The van der Waals surface area contributed by atoms with E-state index >= 15 is 0 Å². The number of benzene rings is 2. The molecular formula is C21H24N4O6S. The van der Waals surface area contributed by atoms with E-state index in [1.54, 1.807) is 0 Å². The molecule has 3 rings (SSSR count). The summed E-state index contributed by atoms with van der Waals surface area (Å²) in [5, 5.41) is 18.9. The molecule has 10 nitrogen and oxygen atoms in total. The third-order valence-electron chi connectivity index (χ3n) is 5.27. The number of nitrogens with two attached hydrogens (primary N) is 1. The minimum Gasteiger partial charge on any atom is -0.480 e. The number of nitrogens with zero attached hydrogens (tertiary/aromatic N) is 1. The Morgan fingerprint density at radius 2 is 1.69 bits per heavy atom. The average molecular weight is 461 g/mol. The van der Waals surface area contributed by atoms with Gasteiger partial charge in [0.05, 0.1) is 0 Å². The largest absolute Gasteiger partial charge is 0.480 e. The first-order chi connectivity index (χ1) is 15.3. The van der Waals surface area contributed by atoms with Crippen LogP contribution in [-0.2, 0) is 20.4 Å². The number of aliphatic carboxylic acids is 1. The highest BCUT2D eigenvalue weighted by Gasteiger charge is 2.29. The predicted molar refractivity (Wildman–Crippen MR) is 118 cm³/mol. The Morgan fingerprint density at radius 1 is 1.12 bits per heavy atom. The minimum absolute atomic E-state index is 0.0426. The number of thiol groups is 1. The second kappa shape index (κ2) is 10.1. The van der Waals surface area contributed by atoms with E-state index in [4.69, 9.17) is 15.9 Å². The molecule has 0 spiro atoms. The maximum atomic E-state index is 12.3. The van der Waals surface area contributed by atoms with Crippen LogP contribution in [0.5, 0.6) is 0 Å². The van der Waals surface area contributed by atoms with Crippen molar-refractivity contribution in [1.29, 1.82) is 5.41 Å². The molecule has 0 saturated heterocycles. The van der Waals surface area contributed by atoms with Crippen molar-refractivity contribution >= 4 is 28.9 Å². The summed E-state index contributed by atoms with van der Waals surface area (Å²) < 4.78 is 28.1. The number of amides is 1. The summed E-state index contributed by atoms with van der Waals surface area (Å²) in [6.45, 7) is -0.120. The molecule has 1 amide bonds. The highest BCUT2D eigenvalue weighted by atomic mass is 32.2. The maximum Gasteiger partial charge on any atom is 0.407 e. The molecule has 0 aromatic heterocycles. The summed E-state index contributed by atoms with van der Waals surface area (Å²) in [5.74, 6) is -2.09. The molecule has 170 valence electrons. The van der Waals surface area contributed by atoms with Crippen LogP contribution in [-0.4, -0.2) is 55.0 Å². The predicted octanol–water partition coefficient (Wildman–Crippen LogP) is 1.48. The lowest BCUT2D eigenvalue weighted by Gasteiger charge is -2.19. The molecule has 1 atom stereocenters. The molecule has 0 unspecified atom stereocenters. The summed E-state index contributed by atoms with van der Waals surface area (Å²) in [5.41, 5.74) is 9.40. The van der Waals surface area contributed by atoms with Crippen LogP contribution in [0.25, 0.3) is 11.1 Å². The molecule has 2 aromatic carbocycles. The zero-order valence-electron chi connectivity index (χ0n) is 17.1. The molecule has 0 radical (unpaired) electrons. The van der Waals surface area contributed by atoms with Crippen LogP contribution < -0.4 is 11.1 Å². The van der Waals surface area contributed by atoms with Gasteiger partial charge in [-0.25, -0.2) is 22.3 Å². The van der Waals surface area contributed by atoms with Crippen LogP contribution in [0.15, 0.2) is 48.5 Å².